The highest BCUT2D eigenvalue weighted by molar-refractivity contribution is 5.85. The molecule has 1 aliphatic heterocycles. The van der Waals surface area contributed by atoms with Crippen LogP contribution in [0.4, 0.5) is 0 Å². The molecular formula is C70H90N7O4+3. The summed E-state index contributed by atoms with van der Waals surface area (Å²) in [6.07, 6.45) is 10.3. The Kier molecular flexibility index (Phi) is 19.0. The van der Waals surface area contributed by atoms with E-state index in [1.807, 2.05) is 0 Å². The molecule has 0 atom stereocenters. The molecule has 4 N–H and O–H groups in total. The van der Waals surface area contributed by atoms with Gasteiger partial charge in [0.1, 0.15) is 23.0 Å². The number of H-pyrrole nitrogens is 4. The van der Waals surface area contributed by atoms with Gasteiger partial charge in [0.15, 0.2) is 0 Å². The maximum absolute atomic E-state index is 6.33. The Labute approximate surface area is 481 Å². The number of nitrogens with one attached hydrogen (secondary N) is 4. The summed E-state index contributed by atoms with van der Waals surface area (Å²) in [6, 6.07) is 52.0. The van der Waals surface area contributed by atoms with Crippen LogP contribution in [0.15, 0.2) is 146 Å². The van der Waals surface area contributed by atoms with Crippen LogP contribution in [0.3, 0.4) is 0 Å². The van der Waals surface area contributed by atoms with Crippen LogP contribution in [0.2, 0.25) is 0 Å². The molecule has 4 aromatic carbocycles. The molecule has 81 heavy (non-hydrogen) atoms. The second-order valence-electron chi connectivity index (χ2n) is 25.0. The van der Waals surface area contributed by atoms with Crippen molar-refractivity contribution < 1.29 is 32.4 Å². The van der Waals surface area contributed by atoms with Crippen molar-refractivity contribution in [2.75, 3.05) is 109 Å². The smallest absolute Gasteiger partial charge is 0.119 e. The molecule has 0 amide bonds. The average Bonchev–Trinajstić information content (AvgIpc) is 4.48. The third-order valence-electron chi connectivity index (χ3n) is 15.0. The zero-order valence-electron chi connectivity index (χ0n) is 50.1. The first-order chi connectivity index (χ1) is 39.0. The van der Waals surface area contributed by atoms with Crippen molar-refractivity contribution in [1.29, 1.82) is 0 Å². The van der Waals surface area contributed by atoms with Crippen LogP contribution in [-0.4, -0.2) is 143 Å². The lowest BCUT2D eigenvalue weighted by molar-refractivity contribution is -0.870. The molecule has 0 radical (unpaired) electrons. The topological polar surface area (TPSA) is 100 Å². The second kappa shape index (κ2) is 26.4. The summed E-state index contributed by atoms with van der Waals surface area (Å²) in [5, 5.41) is 3.92. The molecule has 0 saturated carbocycles. The summed E-state index contributed by atoms with van der Waals surface area (Å²) < 4.78 is 28.0. The average molecular weight is 1090 g/mol. The monoisotopic (exact) mass is 1090 g/mol. The number of quaternary nitrogens is 3. The molecule has 8 aromatic rings. The number of benzene rings is 4. The van der Waals surface area contributed by atoms with Gasteiger partial charge in [-0.15, -0.1) is 0 Å². The number of ether oxygens (including phenoxy) is 4. The highest BCUT2D eigenvalue weighted by atomic mass is 16.5. The van der Waals surface area contributed by atoms with Crippen LogP contribution in [-0.2, 0) is 0 Å². The molecule has 0 fully saturated rings. The lowest BCUT2D eigenvalue weighted by atomic mass is 10.0. The third-order valence-corrected chi connectivity index (χ3v) is 15.0. The van der Waals surface area contributed by atoms with Crippen molar-refractivity contribution in [3.05, 3.63) is 212 Å². The lowest BCUT2D eigenvalue weighted by Crippen LogP contribution is -2.36. The van der Waals surface area contributed by atoms with E-state index in [0.717, 1.165) is 170 Å². The van der Waals surface area contributed by atoms with Crippen molar-refractivity contribution in [2.45, 2.75) is 64.7 Å². The quantitative estimate of drug-likeness (QED) is 0.0305. The number of hydrogen-bond donors (Lipinski definition) is 4. The summed E-state index contributed by atoms with van der Waals surface area (Å²) in [5.74, 6) is 3.45. The Morgan fingerprint density at radius 2 is 0.519 bits per heavy atom. The van der Waals surface area contributed by atoms with Crippen LogP contribution < -0.4 is 40.3 Å². The van der Waals surface area contributed by atoms with Crippen LogP contribution in [0.25, 0.3) is 22.3 Å². The van der Waals surface area contributed by atoms with Gasteiger partial charge in [-0.3, -0.25) is 0 Å². The van der Waals surface area contributed by atoms with Crippen molar-refractivity contribution in [1.82, 2.24) is 19.9 Å². The number of hydrogen-bond acceptors (Lipinski definition) is 4. The van der Waals surface area contributed by atoms with Crippen molar-refractivity contribution in [3.8, 4) is 23.0 Å². The minimum Gasteiger partial charge on any atom is -0.494 e. The Morgan fingerprint density at radius 1 is 0.272 bits per heavy atom. The number of fused-ring (bicyclic) bond motifs is 8. The zero-order chi connectivity index (χ0) is 57.0. The van der Waals surface area contributed by atoms with Gasteiger partial charge in [-0.1, -0.05) is 87.6 Å². The molecule has 11 nitrogen and oxygen atoms in total. The van der Waals surface area contributed by atoms with Crippen LogP contribution >= 0.6 is 0 Å². The molecule has 0 unspecified atom stereocenters. The van der Waals surface area contributed by atoms with E-state index in [9.17, 15) is 0 Å². The first-order valence-electron chi connectivity index (χ1n) is 29.6. The minimum absolute atomic E-state index is 0.663. The highest BCUT2D eigenvalue weighted by Crippen LogP contribution is 2.31. The van der Waals surface area contributed by atoms with Gasteiger partial charge in [-0.25, -0.2) is 0 Å². The molecular weight excluding hydrogens is 1000 g/mol. The normalized spacial score (nSPS) is 13.0. The second-order valence-corrected chi connectivity index (χ2v) is 25.0. The molecule has 5 heterocycles. The van der Waals surface area contributed by atoms with Gasteiger partial charge in [0.2, 0.25) is 0 Å². The zero-order valence-corrected chi connectivity index (χ0v) is 50.1. The van der Waals surface area contributed by atoms with Gasteiger partial charge in [0, 0.05) is 85.7 Å². The number of rotatable bonds is 27. The van der Waals surface area contributed by atoms with E-state index >= 15 is 0 Å². The number of unbranched alkanes of at least 4 members (excludes halogenated alkanes) is 5. The molecule has 0 saturated heterocycles. The van der Waals surface area contributed by atoms with Gasteiger partial charge in [0.05, 0.1) is 109 Å². The fourth-order valence-corrected chi connectivity index (χ4v) is 10.7. The van der Waals surface area contributed by atoms with E-state index in [-0.39, 0.29) is 0 Å². The fraction of sp³-hybridized carbons (Fsp3) is 0.371. The van der Waals surface area contributed by atoms with Crippen LogP contribution in [0, 0.1) is 0 Å². The van der Waals surface area contributed by atoms with Gasteiger partial charge < -0.3 is 52.3 Å². The molecule has 0 spiro atoms. The fourth-order valence-electron chi connectivity index (χ4n) is 10.7. The SMILES string of the molecule is CCCCCCCCOc1ccc(C2=c3ccc([nH]3)=C(c3ccc(OCCC[N+](C)(C)C)cc3)c3ccc([nH]3)C(c3ccc(OCCC[N+](C)(C)C)cc3)=c3ccc([nH]3)=C(c3ccc(OCCC[N+](C)(C)C)cc3)c3ccc2[nH]3)cc1. The Hall–Kier alpha value is -7.44. The molecule has 9 rings (SSSR count). The van der Waals surface area contributed by atoms with E-state index in [2.05, 4.69) is 236 Å². The predicted molar refractivity (Wildman–Crippen MR) is 332 cm³/mol. The molecule has 1 aliphatic rings. The number of nitrogens with zero attached hydrogens (tertiary/aromatic N) is 3. The summed E-state index contributed by atoms with van der Waals surface area (Å²) in [6.45, 7) is 8.09. The molecule has 0 aliphatic carbocycles. The summed E-state index contributed by atoms with van der Waals surface area (Å²) in [4.78, 5) is 15.9. The Balaban J connectivity index is 1.19. The van der Waals surface area contributed by atoms with E-state index in [0.29, 0.717) is 26.4 Å². The number of aromatic nitrogens is 4. The molecule has 4 aromatic heterocycles. The predicted octanol–water partition coefficient (Wildman–Crippen LogP) is 10.5. The van der Waals surface area contributed by atoms with Gasteiger partial charge in [-0.2, -0.15) is 0 Å². The Bertz CT molecular complexity index is 3540. The van der Waals surface area contributed by atoms with Crippen molar-refractivity contribution in [3.63, 3.8) is 0 Å². The van der Waals surface area contributed by atoms with Crippen molar-refractivity contribution in [2.24, 2.45) is 0 Å². The van der Waals surface area contributed by atoms with Crippen molar-refractivity contribution >= 4 is 22.3 Å². The highest BCUT2D eigenvalue weighted by Gasteiger charge is 2.20. The maximum Gasteiger partial charge on any atom is 0.119 e. The molecule has 426 valence electrons. The maximum atomic E-state index is 6.33. The first kappa shape index (κ1) is 58.2. The van der Waals surface area contributed by atoms with E-state index in [1.165, 1.54) is 32.1 Å². The summed E-state index contributed by atoms with van der Waals surface area (Å²) in [5.41, 5.74) is 12.3. The first-order valence-corrected chi connectivity index (χ1v) is 29.6. The third kappa shape index (κ3) is 16.2. The lowest BCUT2D eigenvalue weighted by Gasteiger charge is -2.23. The van der Waals surface area contributed by atoms with E-state index in [1.54, 1.807) is 0 Å². The standard InChI is InChI=1S/C70H90N7O4/c1-11-12-13-14-15-16-47-78-55-28-20-51(21-29-55)67-59-36-38-61(71-59)68(52-22-30-56(31-23-52)79-48-17-44-75(2,3)4)63-40-42-65(73-63)70(54-26-34-58(35-27-54)81-50-19-46-77(8,9)10)66-43-41-64(74-66)69(62-39-37-60(67)72-62)53-24-32-57(33-25-53)80-49-18-45-76(5,6)7/h20-43,71-74H,11-19,44-50H2,1-10H3/q+3. The van der Waals surface area contributed by atoms with Crippen LogP contribution in [0.1, 0.15) is 110 Å². The van der Waals surface area contributed by atoms with Gasteiger partial charge in [-0.05, 0) is 126 Å². The minimum atomic E-state index is 0.663. The summed E-state index contributed by atoms with van der Waals surface area (Å²) >= 11 is 0. The summed E-state index contributed by atoms with van der Waals surface area (Å²) in [7, 11) is 20.0. The number of aromatic amines is 4. The van der Waals surface area contributed by atoms with E-state index < -0.39 is 0 Å². The largest absolute Gasteiger partial charge is 0.494 e. The van der Waals surface area contributed by atoms with E-state index in [4.69, 9.17) is 18.9 Å². The van der Waals surface area contributed by atoms with Gasteiger partial charge in [0.25, 0.3) is 0 Å². The Morgan fingerprint density at radius 3 is 0.778 bits per heavy atom. The molecule has 8 bridgehead atoms. The van der Waals surface area contributed by atoms with Crippen LogP contribution in [0.5, 0.6) is 23.0 Å². The molecule has 11 heteroatoms. The van der Waals surface area contributed by atoms with Gasteiger partial charge >= 0.3 is 0 Å².